The van der Waals surface area contributed by atoms with Gasteiger partial charge in [-0.25, -0.2) is 0 Å². The molecule has 2 N–H and O–H groups in total. The highest BCUT2D eigenvalue weighted by Gasteiger charge is 2.25. The molecule has 23 heavy (non-hydrogen) atoms. The predicted molar refractivity (Wildman–Crippen MR) is 101 cm³/mol. The van der Waals surface area contributed by atoms with Crippen molar-refractivity contribution in [2.75, 3.05) is 32.7 Å². The molecule has 2 fully saturated rings. The minimum Gasteiger partial charge on any atom is -0.353 e. The average Bonchev–Trinajstić information content (AvgIpc) is 2.97. The highest BCUT2D eigenvalue weighted by molar-refractivity contribution is 7.10. The smallest absolute Gasteiger partial charge is 0.234 e. The number of nitrogens with one attached hydrogen (secondary N) is 2. The summed E-state index contributed by atoms with van der Waals surface area (Å²) in [5.74, 6) is 0.942. The van der Waals surface area contributed by atoms with Gasteiger partial charge in [0.15, 0.2) is 0 Å². The van der Waals surface area contributed by atoms with Crippen LogP contribution in [0.1, 0.15) is 36.6 Å². The third-order valence-electron chi connectivity index (χ3n) is 4.36. The van der Waals surface area contributed by atoms with Crippen LogP contribution in [0.2, 0.25) is 0 Å². The second kappa shape index (κ2) is 10.5. The highest BCUT2D eigenvalue weighted by atomic mass is 35.5. The van der Waals surface area contributed by atoms with Crippen LogP contribution >= 0.6 is 36.2 Å². The van der Waals surface area contributed by atoms with E-state index in [0.29, 0.717) is 12.6 Å². The quantitative estimate of drug-likeness (QED) is 0.729. The van der Waals surface area contributed by atoms with Crippen LogP contribution in [-0.4, -0.2) is 43.5 Å². The lowest BCUT2D eigenvalue weighted by molar-refractivity contribution is -0.120. The van der Waals surface area contributed by atoms with Gasteiger partial charge in [0, 0.05) is 11.4 Å². The molecule has 1 aromatic rings. The van der Waals surface area contributed by atoms with Crippen molar-refractivity contribution in [2.24, 2.45) is 5.92 Å². The maximum absolute atomic E-state index is 11.9. The van der Waals surface area contributed by atoms with Crippen LogP contribution in [0.15, 0.2) is 17.5 Å². The third-order valence-corrected chi connectivity index (χ3v) is 5.33. The van der Waals surface area contributed by atoms with Crippen LogP contribution in [0.4, 0.5) is 0 Å². The molecule has 132 valence electrons. The number of likely N-dealkylation sites (tertiary alicyclic amines) is 1. The van der Waals surface area contributed by atoms with Gasteiger partial charge >= 0.3 is 0 Å². The van der Waals surface area contributed by atoms with Gasteiger partial charge in [-0.2, -0.15) is 0 Å². The van der Waals surface area contributed by atoms with Crippen molar-refractivity contribution in [3.63, 3.8) is 0 Å². The third kappa shape index (κ3) is 6.59. The predicted octanol–water partition coefficient (Wildman–Crippen LogP) is 2.84. The van der Waals surface area contributed by atoms with E-state index in [1.807, 2.05) is 0 Å². The van der Waals surface area contributed by atoms with E-state index in [0.717, 1.165) is 32.1 Å². The SMILES string of the molecule is Cl.Cl.O=C(CNCC1CC1)NCC(c1cccs1)N1CCCC1. The van der Waals surface area contributed by atoms with Gasteiger partial charge in [0.05, 0.1) is 12.6 Å². The van der Waals surface area contributed by atoms with Gasteiger partial charge in [-0.3, -0.25) is 9.69 Å². The average molecular weight is 380 g/mol. The van der Waals surface area contributed by atoms with E-state index in [1.54, 1.807) is 11.3 Å². The molecule has 2 heterocycles. The summed E-state index contributed by atoms with van der Waals surface area (Å²) in [5, 5.41) is 8.48. The summed E-state index contributed by atoms with van der Waals surface area (Å²) in [6, 6.07) is 4.63. The number of amides is 1. The summed E-state index contributed by atoms with van der Waals surface area (Å²) in [6.45, 7) is 4.47. The highest BCUT2D eigenvalue weighted by Crippen LogP contribution is 2.28. The molecule has 7 heteroatoms. The summed E-state index contributed by atoms with van der Waals surface area (Å²) in [4.78, 5) is 15.8. The van der Waals surface area contributed by atoms with Gasteiger partial charge in [-0.1, -0.05) is 6.07 Å². The van der Waals surface area contributed by atoms with E-state index < -0.39 is 0 Å². The second-order valence-electron chi connectivity index (χ2n) is 6.15. The van der Waals surface area contributed by atoms with Gasteiger partial charge in [0.2, 0.25) is 5.91 Å². The van der Waals surface area contributed by atoms with Gasteiger partial charge in [-0.15, -0.1) is 36.2 Å². The minimum atomic E-state index is 0. The largest absolute Gasteiger partial charge is 0.353 e. The number of hydrogen-bond acceptors (Lipinski definition) is 4. The van der Waals surface area contributed by atoms with E-state index in [9.17, 15) is 4.79 Å². The Bertz CT molecular complexity index is 448. The van der Waals surface area contributed by atoms with Gasteiger partial charge in [0.1, 0.15) is 0 Å². The van der Waals surface area contributed by atoms with Crippen molar-refractivity contribution < 1.29 is 4.79 Å². The molecular formula is C16H27Cl2N3OS. The van der Waals surface area contributed by atoms with Crippen LogP contribution < -0.4 is 10.6 Å². The van der Waals surface area contributed by atoms with Crippen molar-refractivity contribution in [3.8, 4) is 0 Å². The Hall–Kier alpha value is -0.330. The second-order valence-corrected chi connectivity index (χ2v) is 7.13. The zero-order valence-electron chi connectivity index (χ0n) is 13.3. The van der Waals surface area contributed by atoms with Crippen LogP contribution in [0, 0.1) is 5.92 Å². The van der Waals surface area contributed by atoms with Crippen LogP contribution in [0.25, 0.3) is 0 Å². The van der Waals surface area contributed by atoms with Crippen molar-refractivity contribution in [1.29, 1.82) is 0 Å². The molecule has 1 atom stereocenters. The molecule has 1 saturated heterocycles. The standard InChI is InChI=1S/C16H25N3OS.2ClH/c20-16(12-17-10-13-5-6-13)18-11-14(15-4-3-9-21-15)19-7-1-2-8-19;;/h3-4,9,13-14,17H,1-2,5-8,10-12H2,(H,18,20);2*1H. The number of carbonyl (C=O) groups excluding carboxylic acids is 1. The van der Waals surface area contributed by atoms with Crippen LogP contribution in [0.5, 0.6) is 0 Å². The summed E-state index contributed by atoms with van der Waals surface area (Å²) >= 11 is 1.79. The maximum Gasteiger partial charge on any atom is 0.234 e. The Kier molecular flexibility index (Phi) is 9.47. The van der Waals surface area contributed by atoms with E-state index in [4.69, 9.17) is 0 Å². The molecule has 1 aliphatic heterocycles. The molecule has 3 rings (SSSR count). The molecule has 0 aromatic carbocycles. The molecule has 1 aliphatic carbocycles. The van der Waals surface area contributed by atoms with Crippen LogP contribution in [-0.2, 0) is 4.79 Å². The first kappa shape index (κ1) is 20.7. The number of thiophene rings is 1. The first-order valence-electron chi connectivity index (χ1n) is 8.08. The van der Waals surface area contributed by atoms with Gasteiger partial charge in [-0.05, 0) is 62.7 Å². The Balaban J connectivity index is 0.00000132. The fraction of sp³-hybridized carbons (Fsp3) is 0.688. The molecule has 1 aromatic heterocycles. The molecule has 0 radical (unpaired) electrons. The topological polar surface area (TPSA) is 44.4 Å². The van der Waals surface area contributed by atoms with Gasteiger partial charge < -0.3 is 10.6 Å². The molecule has 2 aliphatic rings. The Morgan fingerprint density at radius 3 is 2.65 bits per heavy atom. The van der Waals surface area contributed by atoms with Crippen molar-refractivity contribution in [2.45, 2.75) is 31.7 Å². The lowest BCUT2D eigenvalue weighted by Gasteiger charge is -2.27. The molecule has 1 amide bonds. The fourth-order valence-corrected chi connectivity index (χ4v) is 3.79. The lowest BCUT2D eigenvalue weighted by atomic mass is 10.2. The number of hydrogen-bond donors (Lipinski definition) is 2. The number of rotatable bonds is 8. The molecule has 0 spiro atoms. The zero-order valence-corrected chi connectivity index (χ0v) is 15.8. The number of halogens is 2. The summed E-state index contributed by atoms with van der Waals surface area (Å²) in [7, 11) is 0. The van der Waals surface area contributed by atoms with Gasteiger partial charge in [0.25, 0.3) is 0 Å². The Morgan fingerprint density at radius 2 is 2.04 bits per heavy atom. The summed E-state index contributed by atoms with van der Waals surface area (Å²) in [5.41, 5.74) is 0. The van der Waals surface area contributed by atoms with Crippen molar-refractivity contribution in [3.05, 3.63) is 22.4 Å². The summed E-state index contributed by atoms with van der Waals surface area (Å²) in [6.07, 6.45) is 5.20. The van der Waals surface area contributed by atoms with E-state index in [1.165, 1.54) is 30.6 Å². The zero-order chi connectivity index (χ0) is 14.5. The van der Waals surface area contributed by atoms with E-state index in [-0.39, 0.29) is 30.7 Å². The molecule has 0 bridgehead atoms. The minimum absolute atomic E-state index is 0. The first-order valence-corrected chi connectivity index (χ1v) is 8.96. The molecule has 4 nitrogen and oxygen atoms in total. The lowest BCUT2D eigenvalue weighted by Crippen LogP contribution is -2.40. The number of nitrogens with zero attached hydrogens (tertiary/aromatic N) is 1. The Labute approximate surface area is 155 Å². The van der Waals surface area contributed by atoms with Crippen molar-refractivity contribution >= 4 is 42.1 Å². The molecular weight excluding hydrogens is 353 g/mol. The number of carbonyl (C=O) groups is 1. The first-order chi connectivity index (χ1) is 10.3. The molecule has 1 unspecified atom stereocenters. The normalized spacial score (nSPS) is 18.8. The van der Waals surface area contributed by atoms with E-state index in [2.05, 4.69) is 33.0 Å². The maximum atomic E-state index is 11.9. The molecule has 1 saturated carbocycles. The van der Waals surface area contributed by atoms with Crippen LogP contribution in [0.3, 0.4) is 0 Å². The van der Waals surface area contributed by atoms with E-state index >= 15 is 0 Å². The monoisotopic (exact) mass is 379 g/mol. The van der Waals surface area contributed by atoms with Crippen molar-refractivity contribution in [1.82, 2.24) is 15.5 Å². The Morgan fingerprint density at radius 1 is 1.30 bits per heavy atom. The fourth-order valence-electron chi connectivity index (χ4n) is 2.93. The summed E-state index contributed by atoms with van der Waals surface area (Å²) < 4.78 is 0.